The van der Waals surface area contributed by atoms with Crippen molar-refractivity contribution >= 4 is 29.2 Å². The number of likely N-dealkylation sites (N-methyl/N-ethyl adjacent to an activating group) is 2. The van der Waals surface area contributed by atoms with Crippen molar-refractivity contribution in [2.75, 3.05) is 43.0 Å². The number of urea groups is 1. The number of hydrogen-bond donors (Lipinski definition) is 1. The molecule has 0 bridgehead atoms. The highest BCUT2D eigenvalue weighted by molar-refractivity contribution is 6.04. The number of primary amides is 1. The minimum absolute atomic E-state index is 0.000968. The molecule has 3 rings (SSSR count). The summed E-state index contributed by atoms with van der Waals surface area (Å²) in [5, 5.41) is 0. The minimum Gasteiger partial charge on any atom is -0.368 e. The lowest BCUT2D eigenvalue weighted by Crippen LogP contribution is -2.46. The van der Waals surface area contributed by atoms with Crippen molar-refractivity contribution < 1.29 is 14.4 Å². The van der Waals surface area contributed by atoms with E-state index in [-0.39, 0.29) is 18.0 Å². The van der Waals surface area contributed by atoms with Crippen LogP contribution in [0.4, 0.5) is 16.2 Å². The maximum Gasteiger partial charge on any atom is 0.325 e. The Hall–Kier alpha value is -2.61. The van der Waals surface area contributed by atoms with Gasteiger partial charge in [0.05, 0.1) is 12.6 Å². The Kier molecular flexibility index (Phi) is 5.88. The van der Waals surface area contributed by atoms with Gasteiger partial charge in [-0.15, -0.1) is 0 Å². The Morgan fingerprint density at radius 3 is 2.39 bits per heavy atom. The van der Waals surface area contributed by atoms with E-state index in [1.165, 1.54) is 4.90 Å². The first-order valence-corrected chi connectivity index (χ1v) is 9.70. The molecule has 1 aromatic carbocycles. The summed E-state index contributed by atoms with van der Waals surface area (Å²) in [6.45, 7) is 6.63. The fourth-order valence-electron chi connectivity index (χ4n) is 3.89. The van der Waals surface area contributed by atoms with Gasteiger partial charge in [-0.1, -0.05) is 13.8 Å². The molecule has 1 radical (unpaired) electrons. The molecule has 1 unspecified atom stereocenters. The van der Waals surface area contributed by atoms with E-state index in [0.29, 0.717) is 18.8 Å². The Bertz CT molecular complexity index is 747. The van der Waals surface area contributed by atoms with Gasteiger partial charge in [-0.2, -0.15) is 0 Å². The lowest BCUT2D eigenvalue weighted by Gasteiger charge is -2.25. The van der Waals surface area contributed by atoms with E-state index >= 15 is 0 Å². The average molecular weight is 386 g/mol. The summed E-state index contributed by atoms with van der Waals surface area (Å²) < 4.78 is 0. The first-order valence-electron chi connectivity index (χ1n) is 9.70. The van der Waals surface area contributed by atoms with Crippen LogP contribution in [0.1, 0.15) is 20.3 Å². The van der Waals surface area contributed by atoms with E-state index in [1.807, 2.05) is 20.3 Å². The van der Waals surface area contributed by atoms with Crippen LogP contribution < -0.4 is 15.5 Å². The Morgan fingerprint density at radius 2 is 1.82 bits per heavy atom. The van der Waals surface area contributed by atoms with E-state index in [0.717, 1.165) is 25.2 Å². The zero-order valence-corrected chi connectivity index (χ0v) is 16.7. The Morgan fingerprint density at radius 1 is 1.18 bits per heavy atom. The highest BCUT2D eigenvalue weighted by Gasteiger charge is 2.51. The maximum absolute atomic E-state index is 12.8. The SMILES string of the molecule is CCN(CC)CC(=O)N(C)c1ccc(N2C(=O)N3CC[CH][C@@H]3C2C(N)=O)cc1. The molecule has 0 aliphatic carbocycles. The molecule has 0 saturated carbocycles. The van der Waals surface area contributed by atoms with Crippen molar-refractivity contribution in [3.05, 3.63) is 30.7 Å². The van der Waals surface area contributed by atoms with Gasteiger partial charge in [-0.25, -0.2) is 4.79 Å². The van der Waals surface area contributed by atoms with Crippen LogP contribution in [0.2, 0.25) is 0 Å². The quantitative estimate of drug-likeness (QED) is 0.759. The molecular formula is C20H28N5O3. The minimum atomic E-state index is -0.706. The topological polar surface area (TPSA) is 90.2 Å². The van der Waals surface area contributed by atoms with Crippen molar-refractivity contribution in [3.8, 4) is 0 Å². The molecule has 4 amide bonds. The van der Waals surface area contributed by atoms with E-state index in [4.69, 9.17) is 5.73 Å². The van der Waals surface area contributed by atoms with Gasteiger partial charge in [0.1, 0.15) is 6.04 Å². The van der Waals surface area contributed by atoms with Crippen molar-refractivity contribution in [2.24, 2.45) is 5.73 Å². The van der Waals surface area contributed by atoms with Crippen LogP contribution in [-0.4, -0.2) is 73.0 Å². The summed E-state index contributed by atoms with van der Waals surface area (Å²) in [5.41, 5.74) is 6.93. The summed E-state index contributed by atoms with van der Waals surface area (Å²) in [4.78, 5) is 44.1. The van der Waals surface area contributed by atoms with Crippen molar-refractivity contribution in [1.29, 1.82) is 0 Å². The lowest BCUT2D eigenvalue weighted by atomic mass is 10.1. The number of hydrogen-bond acceptors (Lipinski definition) is 4. The molecule has 2 aliphatic rings. The third-order valence-corrected chi connectivity index (χ3v) is 5.63. The largest absolute Gasteiger partial charge is 0.368 e. The summed E-state index contributed by atoms with van der Waals surface area (Å²) in [5.74, 6) is -0.520. The molecule has 2 fully saturated rings. The van der Waals surface area contributed by atoms with E-state index < -0.39 is 11.9 Å². The van der Waals surface area contributed by atoms with Crippen molar-refractivity contribution in [1.82, 2.24) is 9.80 Å². The van der Waals surface area contributed by atoms with Gasteiger partial charge in [0.15, 0.2) is 0 Å². The van der Waals surface area contributed by atoms with Crippen LogP contribution in [0, 0.1) is 6.42 Å². The number of anilines is 2. The average Bonchev–Trinajstić information content (AvgIpc) is 3.27. The first kappa shape index (κ1) is 20.1. The number of carbonyl (C=O) groups excluding carboxylic acids is 3. The second-order valence-corrected chi connectivity index (χ2v) is 7.14. The molecule has 2 saturated heterocycles. The summed E-state index contributed by atoms with van der Waals surface area (Å²) in [7, 11) is 1.74. The third kappa shape index (κ3) is 3.56. The molecule has 0 spiro atoms. The van der Waals surface area contributed by atoms with E-state index in [9.17, 15) is 14.4 Å². The van der Waals surface area contributed by atoms with Gasteiger partial charge >= 0.3 is 6.03 Å². The fourth-order valence-corrected chi connectivity index (χ4v) is 3.89. The molecule has 1 aromatic rings. The highest BCUT2D eigenvalue weighted by Crippen LogP contribution is 2.35. The molecular weight excluding hydrogens is 358 g/mol. The zero-order valence-electron chi connectivity index (χ0n) is 16.7. The number of nitrogens with two attached hydrogens (primary N) is 1. The summed E-state index contributed by atoms with van der Waals surface area (Å²) in [6.07, 6.45) is 2.74. The molecule has 2 atom stereocenters. The number of nitrogens with zero attached hydrogens (tertiary/aromatic N) is 4. The zero-order chi connectivity index (χ0) is 20.4. The highest BCUT2D eigenvalue weighted by atomic mass is 16.2. The van der Waals surface area contributed by atoms with Crippen molar-refractivity contribution in [2.45, 2.75) is 32.4 Å². The monoisotopic (exact) mass is 386 g/mol. The predicted octanol–water partition coefficient (Wildman–Crippen LogP) is 1.06. The molecule has 28 heavy (non-hydrogen) atoms. The molecule has 151 valence electrons. The van der Waals surface area contributed by atoms with Crippen molar-refractivity contribution in [3.63, 3.8) is 0 Å². The summed E-state index contributed by atoms with van der Waals surface area (Å²) >= 11 is 0. The molecule has 2 heterocycles. The Labute approximate surface area is 165 Å². The number of benzene rings is 1. The third-order valence-electron chi connectivity index (χ3n) is 5.63. The van der Waals surface area contributed by atoms with E-state index in [2.05, 4.69) is 4.90 Å². The number of amides is 4. The standard InChI is InChI=1S/C20H28N5O3/c1-4-23(5-2)13-17(26)22(3)14-8-10-15(11-9-14)25-18(19(21)27)16-7-6-12-24(16)20(25)28/h7-11,16,18H,4-6,12-13H2,1-3H3,(H2,21,27)/t16-,18?/m1/s1. The molecule has 2 N–H and O–H groups in total. The van der Waals surface area contributed by atoms with Crippen LogP contribution in [0.3, 0.4) is 0 Å². The van der Waals surface area contributed by atoms with Crippen LogP contribution in [0.25, 0.3) is 0 Å². The van der Waals surface area contributed by atoms with Crippen LogP contribution in [-0.2, 0) is 9.59 Å². The first-order chi connectivity index (χ1) is 13.4. The molecule has 2 aliphatic heterocycles. The van der Waals surface area contributed by atoms with Crippen LogP contribution in [0.5, 0.6) is 0 Å². The number of fused-ring (bicyclic) bond motifs is 1. The Balaban J connectivity index is 1.77. The second-order valence-electron chi connectivity index (χ2n) is 7.14. The number of rotatable bonds is 7. The smallest absolute Gasteiger partial charge is 0.325 e. The molecule has 8 nitrogen and oxygen atoms in total. The van der Waals surface area contributed by atoms with Gasteiger partial charge in [0.2, 0.25) is 11.8 Å². The van der Waals surface area contributed by atoms with Crippen LogP contribution >= 0.6 is 0 Å². The normalized spacial score (nSPS) is 21.4. The predicted molar refractivity (Wildman–Crippen MR) is 108 cm³/mol. The van der Waals surface area contributed by atoms with E-state index in [1.54, 1.807) is 41.1 Å². The molecule has 0 aromatic heterocycles. The van der Waals surface area contributed by atoms with Gasteiger partial charge in [-0.3, -0.25) is 19.4 Å². The van der Waals surface area contributed by atoms with Gasteiger partial charge in [-0.05, 0) is 50.2 Å². The second kappa shape index (κ2) is 8.18. The fraction of sp³-hybridized carbons (Fsp3) is 0.500. The summed E-state index contributed by atoms with van der Waals surface area (Å²) in [6, 6.07) is 5.90. The van der Waals surface area contributed by atoms with Gasteiger partial charge < -0.3 is 15.5 Å². The van der Waals surface area contributed by atoms with Crippen LogP contribution in [0.15, 0.2) is 24.3 Å². The van der Waals surface area contributed by atoms with Gasteiger partial charge in [0.25, 0.3) is 0 Å². The maximum atomic E-state index is 12.8. The lowest BCUT2D eigenvalue weighted by molar-refractivity contribution is -0.120. The molecule has 8 heteroatoms. The number of carbonyl (C=O) groups is 3. The van der Waals surface area contributed by atoms with Gasteiger partial charge in [0, 0.05) is 25.0 Å².